The van der Waals surface area contributed by atoms with Crippen molar-refractivity contribution in [1.82, 2.24) is 0 Å². The van der Waals surface area contributed by atoms with Gasteiger partial charge >= 0.3 is 0 Å². The van der Waals surface area contributed by atoms with Crippen molar-refractivity contribution >= 4 is 52.2 Å². The maximum atomic E-state index is 10.3. The summed E-state index contributed by atoms with van der Waals surface area (Å²) < 4.78 is -1.85. The lowest BCUT2D eigenvalue weighted by atomic mass is 10.5. The first-order chi connectivity index (χ1) is 3.48. The number of rotatable bonds is 1. The molecule has 0 atom stereocenters. The van der Waals surface area contributed by atoms with E-state index in [1.54, 1.807) is 0 Å². The summed E-state index contributed by atoms with van der Waals surface area (Å²) in [4.78, 5) is 10.3. The third-order valence-corrected chi connectivity index (χ3v) is 1.31. The van der Waals surface area contributed by atoms with Crippen molar-refractivity contribution in [2.24, 2.45) is 0 Å². The minimum absolute atomic E-state index is 0.267. The van der Waals surface area contributed by atoms with Crippen molar-refractivity contribution in [3.8, 4) is 0 Å². The van der Waals surface area contributed by atoms with Crippen LogP contribution in [0.3, 0.4) is 0 Å². The summed E-state index contributed by atoms with van der Waals surface area (Å²) in [6.07, 6.45) is 0. The third-order valence-electron chi connectivity index (χ3n) is 0.438. The fourth-order valence-corrected chi connectivity index (χ4v) is 0.682. The quantitative estimate of drug-likeness (QED) is 0.587. The summed E-state index contributed by atoms with van der Waals surface area (Å²) >= 11 is 20.3. The van der Waals surface area contributed by atoms with Crippen LogP contribution >= 0.6 is 46.4 Å². The second kappa shape index (κ2) is 3.11. The van der Waals surface area contributed by atoms with Crippen LogP contribution in [-0.4, -0.2) is 15.5 Å². The van der Waals surface area contributed by atoms with Gasteiger partial charge in [-0.2, -0.15) is 0 Å². The van der Waals surface area contributed by atoms with E-state index in [1.165, 1.54) is 0 Å². The van der Waals surface area contributed by atoms with Crippen LogP contribution in [0.4, 0.5) is 0 Å². The molecule has 0 aliphatic carbocycles. The van der Waals surface area contributed by atoms with Crippen molar-refractivity contribution in [3.05, 3.63) is 0 Å². The second-order valence-corrected chi connectivity index (χ2v) is 3.60. The summed E-state index contributed by atoms with van der Waals surface area (Å²) in [6.45, 7) is 0. The Balaban J connectivity index is 3.82. The normalized spacial score (nSPS) is 11.5. The van der Waals surface area contributed by atoms with Gasteiger partial charge in [0.2, 0.25) is 3.79 Å². The van der Waals surface area contributed by atoms with E-state index in [0.717, 1.165) is 0 Å². The molecule has 48 valence electrons. The number of Topliss-reactive ketones (excluding diaryl/α,β-unsaturated/α-hetero) is 1. The molecular weight excluding hydrogens is 194 g/mol. The Morgan fingerprint density at radius 3 is 1.75 bits per heavy atom. The van der Waals surface area contributed by atoms with E-state index < -0.39 is 9.58 Å². The van der Waals surface area contributed by atoms with E-state index in [-0.39, 0.29) is 5.88 Å². The summed E-state index contributed by atoms with van der Waals surface area (Å²) in [5.74, 6) is -0.875. The van der Waals surface area contributed by atoms with E-state index in [1.807, 2.05) is 0 Å². The van der Waals surface area contributed by atoms with Gasteiger partial charge in [0.15, 0.2) is 5.78 Å². The zero-order valence-electron chi connectivity index (χ0n) is 3.63. The van der Waals surface area contributed by atoms with Crippen LogP contribution in [0.2, 0.25) is 0 Å². The lowest BCUT2D eigenvalue weighted by molar-refractivity contribution is -0.115. The first-order valence-corrected chi connectivity index (χ1v) is 3.31. The number of hydrogen-bond acceptors (Lipinski definition) is 1. The van der Waals surface area contributed by atoms with E-state index in [0.29, 0.717) is 0 Å². The van der Waals surface area contributed by atoms with Crippen LogP contribution in [0.15, 0.2) is 0 Å². The lowest BCUT2D eigenvalue weighted by Gasteiger charge is -2.03. The molecule has 1 nitrogen and oxygen atoms in total. The maximum Gasteiger partial charge on any atom is 0.249 e. The molecule has 0 N–H and O–H groups in total. The molecule has 0 saturated heterocycles. The van der Waals surface area contributed by atoms with Crippen LogP contribution in [-0.2, 0) is 4.79 Å². The number of carbonyl (C=O) groups is 1. The topological polar surface area (TPSA) is 17.1 Å². The Labute approximate surface area is 66.8 Å². The average molecular weight is 196 g/mol. The van der Waals surface area contributed by atoms with Gasteiger partial charge in [0.1, 0.15) is 0 Å². The van der Waals surface area contributed by atoms with Crippen LogP contribution in [0, 0.1) is 0 Å². The third kappa shape index (κ3) is 2.98. The highest BCUT2D eigenvalue weighted by Crippen LogP contribution is 2.27. The molecule has 0 aromatic rings. The van der Waals surface area contributed by atoms with Gasteiger partial charge in [-0.15, -0.1) is 11.6 Å². The number of carbonyl (C=O) groups excluding carboxylic acids is 1. The molecule has 0 spiro atoms. The second-order valence-electron chi connectivity index (χ2n) is 1.05. The molecule has 0 fully saturated rings. The standard InChI is InChI=1S/C3H2Cl4O/c4-1-2(8)3(5,6)7/h1H2. The monoisotopic (exact) mass is 194 g/mol. The zero-order valence-corrected chi connectivity index (χ0v) is 6.65. The number of halogens is 4. The van der Waals surface area contributed by atoms with Gasteiger partial charge in [-0.3, -0.25) is 4.79 Å². The van der Waals surface area contributed by atoms with Crippen LogP contribution in [0.1, 0.15) is 0 Å². The first-order valence-electron chi connectivity index (χ1n) is 1.64. The first kappa shape index (κ1) is 8.83. The van der Waals surface area contributed by atoms with Gasteiger partial charge in [-0.25, -0.2) is 0 Å². The van der Waals surface area contributed by atoms with E-state index in [9.17, 15) is 4.79 Å². The number of ketones is 1. The molecule has 0 aliphatic rings. The fraction of sp³-hybridized carbons (Fsp3) is 0.667. The Kier molecular flexibility index (Phi) is 3.44. The molecule has 0 saturated carbocycles. The molecule has 0 rings (SSSR count). The molecule has 0 bridgehead atoms. The fourth-order valence-electron chi connectivity index (χ4n) is 0.0758. The molecule has 0 amide bonds. The van der Waals surface area contributed by atoms with Crippen LogP contribution in [0.25, 0.3) is 0 Å². The van der Waals surface area contributed by atoms with Crippen molar-refractivity contribution in [2.45, 2.75) is 3.79 Å². The highest BCUT2D eigenvalue weighted by Gasteiger charge is 2.28. The average Bonchev–Trinajstić information content (AvgIpc) is 1.62. The molecule has 0 aliphatic heterocycles. The van der Waals surface area contributed by atoms with E-state index >= 15 is 0 Å². The summed E-state index contributed by atoms with van der Waals surface area (Å²) in [5, 5.41) is 0. The largest absolute Gasteiger partial charge is 0.294 e. The van der Waals surface area contributed by atoms with Gasteiger partial charge in [0.25, 0.3) is 0 Å². The Morgan fingerprint density at radius 2 is 1.75 bits per heavy atom. The van der Waals surface area contributed by atoms with Crippen molar-refractivity contribution in [1.29, 1.82) is 0 Å². The van der Waals surface area contributed by atoms with Crippen LogP contribution < -0.4 is 0 Å². The van der Waals surface area contributed by atoms with Crippen molar-refractivity contribution < 1.29 is 4.79 Å². The van der Waals surface area contributed by atoms with Crippen molar-refractivity contribution in [3.63, 3.8) is 0 Å². The van der Waals surface area contributed by atoms with Gasteiger partial charge < -0.3 is 0 Å². The number of hydrogen-bond donors (Lipinski definition) is 0. The van der Waals surface area contributed by atoms with Crippen molar-refractivity contribution in [2.75, 3.05) is 5.88 Å². The molecule has 0 radical (unpaired) electrons. The minimum atomic E-state index is -1.85. The SMILES string of the molecule is O=C(CCl)C(Cl)(Cl)Cl. The molecular formula is C3H2Cl4O. The van der Waals surface area contributed by atoms with E-state index in [2.05, 4.69) is 0 Å². The molecule has 0 aromatic heterocycles. The van der Waals surface area contributed by atoms with Gasteiger partial charge in [0, 0.05) is 0 Å². The van der Waals surface area contributed by atoms with Gasteiger partial charge in [-0.05, 0) is 0 Å². The number of alkyl halides is 4. The zero-order chi connectivity index (χ0) is 6.78. The molecule has 0 aromatic carbocycles. The molecule has 0 heterocycles. The van der Waals surface area contributed by atoms with Gasteiger partial charge in [-0.1, -0.05) is 34.8 Å². The van der Waals surface area contributed by atoms with E-state index in [4.69, 9.17) is 46.4 Å². The maximum absolute atomic E-state index is 10.3. The lowest BCUT2D eigenvalue weighted by Crippen LogP contribution is -2.19. The summed E-state index contributed by atoms with van der Waals surface area (Å²) in [6, 6.07) is 0. The molecule has 8 heavy (non-hydrogen) atoms. The highest BCUT2D eigenvalue weighted by atomic mass is 35.6. The molecule has 5 heteroatoms. The highest BCUT2D eigenvalue weighted by molar-refractivity contribution is 6.77. The molecule has 0 unspecified atom stereocenters. The minimum Gasteiger partial charge on any atom is -0.294 e. The summed E-state index contributed by atoms with van der Waals surface area (Å²) in [7, 11) is 0. The Morgan fingerprint density at radius 1 is 1.38 bits per heavy atom. The van der Waals surface area contributed by atoms with Gasteiger partial charge in [0.05, 0.1) is 5.88 Å². The summed E-state index contributed by atoms with van der Waals surface area (Å²) in [5.41, 5.74) is 0. The Hall–Kier alpha value is 0.830. The smallest absolute Gasteiger partial charge is 0.249 e. The Bertz CT molecular complexity index is 93.9. The van der Waals surface area contributed by atoms with Crippen LogP contribution in [0.5, 0.6) is 0 Å². The predicted octanol–water partition coefficient (Wildman–Crippen LogP) is 2.16. The predicted molar refractivity (Wildman–Crippen MR) is 36.0 cm³/mol.